The number of carbonyl (C=O) groups is 2. The molecule has 56 valence electrons. The highest BCUT2D eigenvalue weighted by Crippen LogP contribution is 2.02. The number of hydrogen-bond acceptors (Lipinski definition) is 4. The maximum atomic E-state index is 10.1. The van der Waals surface area contributed by atoms with Gasteiger partial charge in [-0.05, 0) is 0 Å². The Hall–Kier alpha value is -0.970. The molecule has 0 rings (SSSR count). The maximum Gasteiger partial charge on any atom is 0.314 e. The largest absolute Gasteiger partial charge is 0.387 e. The highest BCUT2D eigenvalue weighted by molar-refractivity contribution is 7.98. The summed E-state index contributed by atoms with van der Waals surface area (Å²) in [5.74, 6) is -0.987. The minimum atomic E-state index is -0.570. The summed E-state index contributed by atoms with van der Waals surface area (Å²) in [4.78, 5) is 20.1. The first-order valence-electron chi connectivity index (χ1n) is 2.43. The molecule has 0 aromatic rings. The Labute approximate surface area is 62.6 Å². The molecule has 0 aliphatic rings. The molecule has 0 fully saturated rings. The fourth-order valence-electron chi connectivity index (χ4n) is 0.190. The van der Waals surface area contributed by atoms with Crippen LogP contribution in [0.3, 0.4) is 0 Å². The van der Waals surface area contributed by atoms with Crippen molar-refractivity contribution in [1.29, 1.82) is 0 Å². The van der Waals surface area contributed by atoms with E-state index in [0.29, 0.717) is 0 Å². The molecule has 0 spiro atoms. The van der Waals surface area contributed by atoms with Crippen molar-refractivity contribution in [2.45, 2.75) is 6.92 Å². The Bertz CT molecular complexity index is 166. The van der Waals surface area contributed by atoms with Crippen molar-refractivity contribution in [2.75, 3.05) is 0 Å². The van der Waals surface area contributed by atoms with Gasteiger partial charge in [-0.15, -0.1) is 0 Å². The van der Waals surface area contributed by atoms with Crippen LogP contribution in [0.1, 0.15) is 6.92 Å². The molecular formula is C5H7NO3S. The number of carbonyl (C=O) groups excluding carboxylic acids is 2. The second-order valence-corrected chi connectivity index (χ2v) is 2.01. The van der Waals surface area contributed by atoms with Gasteiger partial charge in [0.1, 0.15) is 0 Å². The standard InChI is InChI=1S/C5H7NO3S/c1-4(7)9-10-3-2-5(6)8/h2-3H,1H3,(H2,6,8)/b3-2-. The van der Waals surface area contributed by atoms with Gasteiger partial charge in [0.15, 0.2) is 0 Å². The summed E-state index contributed by atoms with van der Waals surface area (Å²) in [6.45, 7) is 1.27. The molecule has 0 unspecified atom stereocenters. The van der Waals surface area contributed by atoms with Crippen molar-refractivity contribution < 1.29 is 13.8 Å². The third-order valence-corrected chi connectivity index (χ3v) is 1.03. The fraction of sp³-hybridized carbons (Fsp3) is 0.200. The Morgan fingerprint density at radius 3 is 2.60 bits per heavy atom. The van der Waals surface area contributed by atoms with Crippen LogP contribution in [0.4, 0.5) is 0 Å². The van der Waals surface area contributed by atoms with Crippen molar-refractivity contribution in [3.8, 4) is 0 Å². The maximum absolute atomic E-state index is 10.1. The van der Waals surface area contributed by atoms with E-state index < -0.39 is 11.9 Å². The van der Waals surface area contributed by atoms with Gasteiger partial charge in [-0.2, -0.15) is 0 Å². The zero-order valence-electron chi connectivity index (χ0n) is 5.37. The van der Waals surface area contributed by atoms with Crippen LogP contribution < -0.4 is 5.73 Å². The van der Waals surface area contributed by atoms with Crippen LogP contribution >= 0.6 is 12.0 Å². The number of hydrogen-bond donors (Lipinski definition) is 1. The van der Waals surface area contributed by atoms with Crippen LogP contribution in [0.5, 0.6) is 0 Å². The van der Waals surface area contributed by atoms with Gasteiger partial charge in [-0.3, -0.25) is 9.59 Å². The summed E-state index contributed by atoms with van der Waals surface area (Å²) < 4.78 is 4.38. The van der Waals surface area contributed by atoms with Gasteiger partial charge in [0.2, 0.25) is 5.91 Å². The summed E-state index contributed by atoms with van der Waals surface area (Å²) in [5, 5.41) is 1.30. The molecule has 10 heavy (non-hydrogen) atoms. The normalized spacial score (nSPS) is 9.70. The van der Waals surface area contributed by atoms with Crippen LogP contribution in [0, 0.1) is 0 Å². The number of amides is 1. The van der Waals surface area contributed by atoms with E-state index in [4.69, 9.17) is 5.73 Å². The SMILES string of the molecule is CC(=O)OS/C=C\C(N)=O. The number of rotatable bonds is 3. The summed E-state index contributed by atoms with van der Waals surface area (Å²) in [5.41, 5.74) is 4.73. The van der Waals surface area contributed by atoms with E-state index >= 15 is 0 Å². The monoisotopic (exact) mass is 161 g/mol. The molecule has 0 saturated heterocycles. The van der Waals surface area contributed by atoms with Crippen molar-refractivity contribution >= 4 is 23.9 Å². The summed E-state index contributed by atoms with van der Waals surface area (Å²) >= 11 is 0.759. The van der Waals surface area contributed by atoms with Gasteiger partial charge >= 0.3 is 5.97 Å². The Morgan fingerprint density at radius 1 is 1.60 bits per heavy atom. The van der Waals surface area contributed by atoms with Crippen molar-refractivity contribution in [3.63, 3.8) is 0 Å². The molecule has 0 saturated carbocycles. The van der Waals surface area contributed by atoms with Gasteiger partial charge in [-0.25, -0.2) is 0 Å². The average molecular weight is 161 g/mol. The number of primary amides is 1. The lowest BCUT2D eigenvalue weighted by atomic mass is 10.6. The molecule has 0 heterocycles. The first kappa shape index (κ1) is 9.03. The van der Waals surface area contributed by atoms with Gasteiger partial charge in [0.25, 0.3) is 0 Å². The second-order valence-electron chi connectivity index (χ2n) is 1.38. The van der Waals surface area contributed by atoms with Gasteiger partial charge in [0, 0.05) is 18.4 Å². The molecule has 4 nitrogen and oxygen atoms in total. The minimum Gasteiger partial charge on any atom is -0.387 e. The quantitative estimate of drug-likeness (QED) is 0.474. The van der Waals surface area contributed by atoms with Crippen LogP contribution in [-0.4, -0.2) is 11.9 Å². The first-order chi connectivity index (χ1) is 4.63. The van der Waals surface area contributed by atoms with E-state index in [-0.39, 0.29) is 0 Å². The third kappa shape index (κ3) is 7.03. The van der Waals surface area contributed by atoms with E-state index in [1.807, 2.05) is 0 Å². The Morgan fingerprint density at radius 2 is 2.20 bits per heavy atom. The molecule has 0 aliphatic heterocycles. The predicted octanol–water partition coefficient (Wildman–Crippen LogP) is 0.197. The topological polar surface area (TPSA) is 69.4 Å². The molecule has 5 heteroatoms. The smallest absolute Gasteiger partial charge is 0.314 e. The molecule has 1 amide bonds. The second kappa shape index (κ2) is 4.87. The zero-order valence-corrected chi connectivity index (χ0v) is 6.18. The minimum absolute atomic E-state index is 0.417. The molecule has 0 aromatic heterocycles. The summed E-state index contributed by atoms with van der Waals surface area (Å²) in [6.07, 6.45) is 1.10. The summed E-state index contributed by atoms with van der Waals surface area (Å²) in [7, 11) is 0. The summed E-state index contributed by atoms with van der Waals surface area (Å²) in [6, 6.07) is 0. The number of nitrogens with two attached hydrogens (primary N) is 1. The highest BCUT2D eigenvalue weighted by Gasteiger charge is 1.89. The lowest BCUT2D eigenvalue weighted by Gasteiger charge is -1.89. The lowest BCUT2D eigenvalue weighted by molar-refractivity contribution is -0.130. The van der Waals surface area contributed by atoms with Gasteiger partial charge in [-0.1, -0.05) is 0 Å². The molecule has 2 N–H and O–H groups in total. The third-order valence-electron chi connectivity index (χ3n) is 0.453. The van der Waals surface area contributed by atoms with E-state index in [1.165, 1.54) is 12.3 Å². The van der Waals surface area contributed by atoms with Gasteiger partial charge in [0.05, 0.1) is 12.0 Å². The molecule has 0 radical (unpaired) electrons. The first-order valence-corrected chi connectivity index (χ1v) is 3.23. The van der Waals surface area contributed by atoms with Crippen LogP contribution in [0.25, 0.3) is 0 Å². The Balaban J connectivity index is 3.36. The van der Waals surface area contributed by atoms with Crippen molar-refractivity contribution in [2.24, 2.45) is 5.73 Å². The van der Waals surface area contributed by atoms with Crippen LogP contribution in [-0.2, 0) is 13.8 Å². The van der Waals surface area contributed by atoms with E-state index in [0.717, 1.165) is 18.1 Å². The Kier molecular flexibility index (Phi) is 4.39. The molecule has 0 aliphatic carbocycles. The van der Waals surface area contributed by atoms with Crippen LogP contribution in [0.15, 0.2) is 11.5 Å². The zero-order chi connectivity index (χ0) is 7.98. The van der Waals surface area contributed by atoms with E-state index in [1.54, 1.807) is 0 Å². The van der Waals surface area contributed by atoms with E-state index in [9.17, 15) is 9.59 Å². The average Bonchev–Trinajstić information content (AvgIpc) is 1.79. The fourth-order valence-corrected chi connectivity index (χ4v) is 0.571. The lowest BCUT2D eigenvalue weighted by Crippen LogP contribution is -2.04. The van der Waals surface area contributed by atoms with Crippen LogP contribution in [0.2, 0.25) is 0 Å². The molecule has 0 atom stereocenters. The molecule has 0 bridgehead atoms. The van der Waals surface area contributed by atoms with Crippen molar-refractivity contribution in [3.05, 3.63) is 11.5 Å². The highest BCUT2D eigenvalue weighted by atomic mass is 32.2. The van der Waals surface area contributed by atoms with Crippen molar-refractivity contribution in [1.82, 2.24) is 0 Å². The van der Waals surface area contributed by atoms with E-state index in [2.05, 4.69) is 4.18 Å². The molecular weight excluding hydrogens is 154 g/mol. The predicted molar refractivity (Wildman–Crippen MR) is 37.7 cm³/mol. The van der Waals surface area contributed by atoms with Gasteiger partial charge < -0.3 is 9.92 Å². The molecule has 0 aromatic carbocycles.